The maximum Gasteiger partial charge on any atom is 0.338 e. The van der Waals surface area contributed by atoms with Crippen LogP contribution in [0.25, 0.3) is 5.57 Å². The minimum absolute atomic E-state index is 0.0692. The van der Waals surface area contributed by atoms with E-state index in [1.165, 1.54) is 23.3 Å². The number of urea groups is 1. The minimum Gasteiger partial charge on any atom is -0.463 e. The van der Waals surface area contributed by atoms with Gasteiger partial charge in [-0.1, -0.05) is 36.4 Å². The van der Waals surface area contributed by atoms with Crippen LogP contribution in [0.4, 0.5) is 10.5 Å². The second-order valence-electron chi connectivity index (χ2n) is 8.07. The molecule has 2 aliphatic rings. The van der Waals surface area contributed by atoms with Crippen LogP contribution in [-0.2, 0) is 9.53 Å². The summed E-state index contributed by atoms with van der Waals surface area (Å²) < 4.78 is 5.30. The maximum absolute atomic E-state index is 12.9. The molecule has 0 radical (unpaired) electrons. The molecule has 176 valence electrons. The van der Waals surface area contributed by atoms with Gasteiger partial charge in [0.05, 0.1) is 23.1 Å². The number of ether oxygens (including phenoxy) is 1. The first kappa shape index (κ1) is 23.2. The van der Waals surface area contributed by atoms with Gasteiger partial charge in [-0.05, 0) is 42.2 Å². The second-order valence-corrected chi connectivity index (χ2v) is 8.07. The third-order valence-electron chi connectivity index (χ3n) is 5.91. The van der Waals surface area contributed by atoms with Crippen molar-refractivity contribution in [2.24, 2.45) is 0 Å². The zero-order chi connectivity index (χ0) is 24.1. The monoisotopic (exact) mass is 462 g/mol. The van der Waals surface area contributed by atoms with Gasteiger partial charge in [-0.2, -0.15) is 0 Å². The molecule has 1 atom stereocenters. The van der Waals surface area contributed by atoms with Crippen LogP contribution in [0.2, 0.25) is 0 Å². The van der Waals surface area contributed by atoms with Crippen molar-refractivity contribution in [2.75, 3.05) is 26.2 Å². The molecule has 0 aromatic heterocycles. The van der Waals surface area contributed by atoms with Crippen LogP contribution in [-0.4, -0.2) is 48.1 Å². The largest absolute Gasteiger partial charge is 0.463 e. The van der Waals surface area contributed by atoms with E-state index in [1.807, 2.05) is 18.2 Å². The van der Waals surface area contributed by atoms with Crippen molar-refractivity contribution in [1.82, 2.24) is 15.5 Å². The highest BCUT2D eigenvalue weighted by Crippen LogP contribution is 2.30. The van der Waals surface area contributed by atoms with Crippen molar-refractivity contribution in [1.29, 1.82) is 0 Å². The van der Waals surface area contributed by atoms with Crippen molar-refractivity contribution in [2.45, 2.75) is 19.4 Å². The number of esters is 1. The smallest absolute Gasteiger partial charge is 0.338 e. The lowest BCUT2D eigenvalue weighted by Crippen LogP contribution is -2.48. The molecule has 2 heterocycles. The lowest BCUT2D eigenvalue weighted by molar-refractivity contribution is -0.384. The Hall–Kier alpha value is -3.98. The molecule has 2 aromatic rings. The third kappa shape index (κ3) is 5.15. The Labute approximate surface area is 197 Å². The van der Waals surface area contributed by atoms with Crippen LogP contribution in [0, 0.1) is 10.1 Å². The summed E-state index contributed by atoms with van der Waals surface area (Å²) in [5.74, 6) is -0.536. The molecule has 0 aliphatic carbocycles. The third-order valence-corrected chi connectivity index (χ3v) is 5.91. The molecule has 2 N–H and O–H groups in total. The molecule has 2 aliphatic heterocycles. The summed E-state index contributed by atoms with van der Waals surface area (Å²) in [6.07, 6.45) is 3.02. The highest BCUT2D eigenvalue weighted by atomic mass is 16.6. The number of amides is 2. The summed E-state index contributed by atoms with van der Waals surface area (Å²) in [6.45, 7) is 3.71. The Morgan fingerprint density at radius 1 is 1.18 bits per heavy atom. The van der Waals surface area contributed by atoms with Gasteiger partial charge in [0, 0.05) is 37.5 Å². The van der Waals surface area contributed by atoms with Crippen LogP contribution >= 0.6 is 0 Å². The number of nitro groups is 1. The van der Waals surface area contributed by atoms with Crippen LogP contribution in [0.3, 0.4) is 0 Å². The van der Waals surface area contributed by atoms with E-state index in [4.69, 9.17) is 4.74 Å². The lowest BCUT2D eigenvalue weighted by Gasteiger charge is -2.33. The molecular weight excluding hydrogens is 436 g/mol. The highest BCUT2D eigenvalue weighted by molar-refractivity contribution is 5.95. The van der Waals surface area contributed by atoms with Crippen LogP contribution in [0.5, 0.6) is 0 Å². The van der Waals surface area contributed by atoms with Crippen molar-refractivity contribution in [3.8, 4) is 0 Å². The van der Waals surface area contributed by atoms with Crippen molar-refractivity contribution >= 4 is 23.3 Å². The van der Waals surface area contributed by atoms with Gasteiger partial charge < -0.3 is 15.4 Å². The van der Waals surface area contributed by atoms with Gasteiger partial charge in [-0.25, -0.2) is 9.59 Å². The van der Waals surface area contributed by atoms with Gasteiger partial charge in [0.25, 0.3) is 5.69 Å². The number of hydrogen-bond donors (Lipinski definition) is 2. The molecular formula is C25H26N4O5. The van der Waals surface area contributed by atoms with Crippen LogP contribution < -0.4 is 10.6 Å². The molecule has 0 fully saturated rings. The summed E-state index contributed by atoms with van der Waals surface area (Å²) in [5.41, 5.74) is 3.73. The quantitative estimate of drug-likeness (QED) is 0.370. The normalized spacial score (nSPS) is 18.6. The summed E-state index contributed by atoms with van der Waals surface area (Å²) in [7, 11) is 0. The number of carbonyl (C=O) groups is 2. The number of carbonyl (C=O) groups excluding carboxylic acids is 2. The standard InChI is InChI=1S/C25H26N4O5/c1-2-34-24(30)22-21(16-28-14-12-18(13-15-28)17-6-4-3-5-7-17)26-25(31)27-23(22)19-8-10-20(11-9-19)29(32)33/h3-12,23H,2,13-16H2,1H3,(H2,26,27,31). The Bertz CT molecular complexity index is 1140. The topological polar surface area (TPSA) is 114 Å². The molecule has 1 unspecified atom stereocenters. The first-order valence-electron chi connectivity index (χ1n) is 11.1. The highest BCUT2D eigenvalue weighted by Gasteiger charge is 2.34. The fraction of sp³-hybridized carbons (Fsp3) is 0.280. The molecule has 9 heteroatoms. The first-order valence-corrected chi connectivity index (χ1v) is 11.1. The SMILES string of the molecule is CCOC(=O)C1=C(CN2CC=C(c3ccccc3)CC2)NC(=O)NC1c1ccc([N+](=O)[O-])cc1. The molecule has 0 spiro atoms. The zero-order valence-electron chi connectivity index (χ0n) is 18.8. The minimum atomic E-state index is -0.774. The zero-order valence-corrected chi connectivity index (χ0v) is 18.8. The van der Waals surface area contributed by atoms with Gasteiger partial charge in [-0.3, -0.25) is 15.0 Å². The number of nitrogens with zero attached hydrogens (tertiary/aromatic N) is 2. The summed E-state index contributed by atoms with van der Waals surface area (Å²) in [6, 6.07) is 14.8. The molecule has 9 nitrogen and oxygen atoms in total. The molecule has 2 aromatic carbocycles. The fourth-order valence-corrected chi connectivity index (χ4v) is 4.22. The summed E-state index contributed by atoms with van der Waals surface area (Å²) in [4.78, 5) is 38.1. The van der Waals surface area contributed by atoms with E-state index < -0.39 is 23.0 Å². The van der Waals surface area contributed by atoms with Crippen LogP contribution in [0.15, 0.2) is 71.9 Å². The van der Waals surface area contributed by atoms with E-state index in [1.54, 1.807) is 19.1 Å². The molecule has 0 saturated heterocycles. The summed E-state index contributed by atoms with van der Waals surface area (Å²) in [5, 5.41) is 16.6. The maximum atomic E-state index is 12.9. The average molecular weight is 463 g/mol. The number of hydrogen-bond acceptors (Lipinski definition) is 6. The van der Waals surface area contributed by atoms with Crippen molar-refractivity contribution < 1.29 is 19.2 Å². The fourth-order valence-electron chi connectivity index (χ4n) is 4.22. The number of benzene rings is 2. The van der Waals surface area contributed by atoms with Gasteiger partial charge in [0.2, 0.25) is 0 Å². The van der Waals surface area contributed by atoms with E-state index in [2.05, 4.69) is 33.7 Å². The molecule has 2 amide bonds. The van der Waals surface area contributed by atoms with Crippen molar-refractivity contribution in [3.05, 3.63) is 93.2 Å². The average Bonchev–Trinajstić information content (AvgIpc) is 2.85. The predicted molar refractivity (Wildman–Crippen MR) is 127 cm³/mol. The van der Waals surface area contributed by atoms with E-state index in [-0.39, 0.29) is 12.3 Å². The van der Waals surface area contributed by atoms with Gasteiger partial charge in [-0.15, -0.1) is 0 Å². The van der Waals surface area contributed by atoms with Gasteiger partial charge >= 0.3 is 12.0 Å². The number of non-ortho nitro benzene ring substituents is 1. The van der Waals surface area contributed by atoms with E-state index >= 15 is 0 Å². The molecule has 0 saturated carbocycles. The number of nitro benzene ring substituents is 1. The van der Waals surface area contributed by atoms with E-state index in [9.17, 15) is 19.7 Å². The summed E-state index contributed by atoms with van der Waals surface area (Å²) >= 11 is 0. The molecule has 34 heavy (non-hydrogen) atoms. The Morgan fingerprint density at radius 3 is 2.53 bits per heavy atom. The van der Waals surface area contributed by atoms with E-state index in [0.717, 1.165) is 13.0 Å². The Balaban J connectivity index is 1.61. The van der Waals surface area contributed by atoms with E-state index in [0.29, 0.717) is 29.9 Å². The van der Waals surface area contributed by atoms with Crippen molar-refractivity contribution in [3.63, 3.8) is 0 Å². The number of rotatable bonds is 7. The number of nitrogens with one attached hydrogen (secondary N) is 2. The second kappa shape index (κ2) is 10.3. The predicted octanol–water partition coefficient (Wildman–Crippen LogP) is 3.56. The lowest BCUT2D eigenvalue weighted by atomic mass is 9.94. The Morgan fingerprint density at radius 2 is 1.91 bits per heavy atom. The first-order chi connectivity index (χ1) is 16.5. The van der Waals surface area contributed by atoms with Gasteiger partial charge in [0.15, 0.2) is 0 Å². The molecule has 4 rings (SSSR count). The molecule has 0 bridgehead atoms. The van der Waals surface area contributed by atoms with Gasteiger partial charge in [0.1, 0.15) is 0 Å². The van der Waals surface area contributed by atoms with Crippen LogP contribution in [0.1, 0.15) is 30.5 Å². The Kier molecular flexibility index (Phi) is 7.03.